The Hall–Kier alpha value is -2.80. The van der Waals surface area contributed by atoms with Crippen molar-refractivity contribution >= 4 is 19.2 Å². The molecule has 0 aliphatic rings. The molecule has 3 rings (SSSR count). The van der Waals surface area contributed by atoms with Crippen molar-refractivity contribution in [2.45, 2.75) is 31.0 Å². The Morgan fingerprint density at radius 2 is 1.71 bits per heavy atom. The Labute approximate surface area is 221 Å². The zero-order chi connectivity index (χ0) is 27.8. The molecule has 0 radical (unpaired) electrons. The summed E-state index contributed by atoms with van der Waals surface area (Å²) >= 11 is 0.849. The minimum absolute atomic E-state index is 0.0566. The first-order valence-corrected chi connectivity index (χ1v) is 13.7. The van der Waals surface area contributed by atoms with Gasteiger partial charge in [-0.15, -0.1) is 16.8 Å². The summed E-state index contributed by atoms with van der Waals surface area (Å²) in [4.78, 5) is 17.9. The van der Waals surface area contributed by atoms with E-state index in [0.717, 1.165) is 36.0 Å². The van der Waals surface area contributed by atoms with E-state index in [1.165, 1.54) is 18.2 Å². The van der Waals surface area contributed by atoms with Crippen LogP contribution in [0.3, 0.4) is 0 Å². The van der Waals surface area contributed by atoms with Crippen molar-refractivity contribution in [3.8, 4) is 22.1 Å². The van der Waals surface area contributed by atoms with E-state index in [2.05, 4.69) is 21.3 Å². The number of para-hydroxylation sites is 1. The fourth-order valence-corrected chi connectivity index (χ4v) is 4.51. The number of aromatic nitrogens is 2. The van der Waals surface area contributed by atoms with Gasteiger partial charge in [0, 0.05) is 5.56 Å². The predicted molar refractivity (Wildman–Crippen MR) is 136 cm³/mol. The normalized spacial score (nSPS) is 13.6. The average molecular weight is 574 g/mol. The third kappa shape index (κ3) is 8.62. The third-order valence-corrected chi connectivity index (χ3v) is 6.88. The second kappa shape index (κ2) is 12.8. The number of ether oxygens (including phenoxy) is 2. The fraction of sp³-hybridized carbons (Fsp3) is 0.333. The van der Waals surface area contributed by atoms with E-state index in [1.807, 2.05) is 30.3 Å². The number of hydrogen-bond donors (Lipinski definition) is 3. The van der Waals surface area contributed by atoms with Crippen LogP contribution >= 0.6 is 19.2 Å². The highest BCUT2D eigenvalue weighted by Crippen LogP contribution is 2.41. The van der Waals surface area contributed by atoms with Gasteiger partial charge in [0.25, 0.3) is 0 Å². The summed E-state index contributed by atoms with van der Waals surface area (Å²) in [5.41, 5.74) is 3.62. The molecule has 1 aromatic heterocycles. The van der Waals surface area contributed by atoms with Crippen LogP contribution in [0, 0.1) is 0 Å². The summed E-state index contributed by atoms with van der Waals surface area (Å²) in [6.45, 7) is 3.47. The minimum atomic E-state index is -4.82. The molecule has 0 unspecified atom stereocenters. The van der Waals surface area contributed by atoms with Gasteiger partial charge in [-0.25, -0.2) is 4.57 Å². The lowest BCUT2D eigenvalue weighted by atomic mass is 10.0. The maximum absolute atomic E-state index is 13.8. The van der Waals surface area contributed by atoms with E-state index in [4.69, 9.17) is 25.0 Å². The summed E-state index contributed by atoms with van der Waals surface area (Å²) in [7, 11) is -4.82. The van der Waals surface area contributed by atoms with Crippen LogP contribution in [-0.4, -0.2) is 39.8 Å². The maximum Gasteiger partial charge on any atom is 0.469 e. The first-order chi connectivity index (χ1) is 17.9. The smallest absolute Gasteiger partial charge is 0.469 e. The van der Waals surface area contributed by atoms with Gasteiger partial charge in [-0.3, -0.25) is 4.52 Å². The van der Waals surface area contributed by atoms with Crippen LogP contribution in [0.25, 0.3) is 10.6 Å². The molecule has 0 spiro atoms. The first kappa shape index (κ1) is 29.8. The van der Waals surface area contributed by atoms with E-state index >= 15 is 0 Å². The van der Waals surface area contributed by atoms with E-state index in [-0.39, 0.29) is 27.9 Å². The third-order valence-electron chi connectivity index (χ3n) is 5.25. The van der Waals surface area contributed by atoms with Gasteiger partial charge in [0.05, 0.1) is 25.4 Å². The number of rotatable bonds is 14. The van der Waals surface area contributed by atoms with Crippen molar-refractivity contribution in [3.05, 3.63) is 71.8 Å². The summed E-state index contributed by atoms with van der Waals surface area (Å²) < 4.78 is 67.9. The van der Waals surface area contributed by atoms with Crippen LogP contribution < -0.4 is 15.2 Å². The Morgan fingerprint density at radius 1 is 1.03 bits per heavy atom. The van der Waals surface area contributed by atoms with E-state index in [1.54, 1.807) is 0 Å². The van der Waals surface area contributed by atoms with Crippen molar-refractivity contribution in [2.24, 2.45) is 5.73 Å². The molecule has 0 bridgehead atoms. The molecule has 0 amide bonds. The number of nitrogens with two attached hydrogens (primary N) is 1. The number of benzene rings is 2. The number of phosphoric ester groups is 1. The van der Waals surface area contributed by atoms with Gasteiger partial charge in [0.15, 0.2) is 0 Å². The standard InChI is InChI=1S/C24H27F3N3O6PS/c1-2-23(28,16-36-37(31,32)33)22-30-29-21(38-22)17-11-12-20(19(15-17)24(25,26)27)35-14-8-4-7-13-34-18-9-5-3-6-10-18/h2-3,5-6,9-12,15H,1,4,7-8,13-14,16,28H2,(H2,31,32,33)/t23-/m0/s1. The molecule has 0 aliphatic carbocycles. The summed E-state index contributed by atoms with van der Waals surface area (Å²) in [6.07, 6.45) is -1.52. The monoisotopic (exact) mass is 573 g/mol. The lowest BCUT2D eigenvalue weighted by molar-refractivity contribution is -0.138. The predicted octanol–water partition coefficient (Wildman–Crippen LogP) is 5.30. The second-order valence-corrected chi connectivity index (χ2v) is 10.4. The SMILES string of the molecule is C=C[C@](N)(COP(=O)(O)O)c1nnc(-c2ccc(OCCCCCOc3ccccc3)c(C(F)(F)F)c2)s1. The van der Waals surface area contributed by atoms with Crippen LogP contribution in [0.1, 0.15) is 29.8 Å². The van der Waals surface area contributed by atoms with Gasteiger partial charge >= 0.3 is 14.0 Å². The molecular weight excluding hydrogens is 546 g/mol. The zero-order valence-corrected chi connectivity index (χ0v) is 21.8. The minimum Gasteiger partial charge on any atom is -0.494 e. The van der Waals surface area contributed by atoms with Gasteiger partial charge in [0.1, 0.15) is 27.1 Å². The number of halogens is 3. The van der Waals surface area contributed by atoms with Gasteiger partial charge in [-0.1, -0.05) is 35.6 Å². The molecule has 2 aromatic carbocycles. The Morgan fingerprint density at radius 3 is 2.34 bits per heavy atom. The van der Waals surface area contributed by atoms with Crippen molar-refractivity contribution in [1.29, 1.82) is 0 Å². The molecule has 0 saturated carbocycles. The molecule has 3 aromatic rings. The van der Waals surface area contributed by atoms with Gasteiger partial charge in [0.2, 0.25) is 0 Å². The van der Waals surface area contributed by atoms with Crippen molar-refractivity contribution in [3.63, 3.8) is 0 Å². The molecule has 14 heteroatoms. The lowest BCUT2D eigenvalue weighted by Gasteiger charge is -2.22. The van der Waals surface area contributed by atoms with E-state index in [9.17, 15) is 17.7 Å². The largest absolute Gasteiger partial charge is 0.494 e. The van der Waals surface area contributed by atoms with Crippen LogP contribution in [0.2, 0.25) is 0 Å². The number of nitrogens with zero attached hydrogens (tertiary/aromatic N) is 2. The molecule has 1 atom stereocenters. The lowest BCUT2D eigenvalue weighted by Crippen LogP contribution is -2.39. The average Bonchev–Trinajstić information content (AvgIpc) is 3.37. The van der Waals surface area contributed by atoms with Crippen molar-refractivity contribution in [2.75, 3.05) is 19.8 Å². The number of unbranched alkanes of at least 4 members (excludes halogenated alkanes) is 2. The van der Waals surface area contributed by atoms with Crippen LogP contribution in [-0.2, 0) is 20.8 Å². The summed E-state index contributed by atoms with van der Waals surface area (Å²) in [5, 5.41) is 7.94. The van der Waals surface area contributed by atoms with Gasteiger partial charge in [-0.2, -0.15) is 13.2 Å². The molecule has 0 saturated heterocycles. The van der Waals surface area contributed by atoms with E-state index in [0.29, 0.717) is 13.0 Å². The number of hydrogen-bond acceptors (Lipinski definition) is 8. The number of phosphoric acid groups is 1. The van der Waals surface area contributed by atoms with Gasteiger partial charge < -0.3 is 25.0 Å². The molecular formula is C24H27F3N3O6PS. The van der Waals surface area contributed by atoms with Crippen LogP contribution in [0.15, 0.2) is 61.2 Å². The quantitative estimate of drug-likeness (QED) is 0.133. The summed E-state index contributed by atoms with van der Waals surface area (Å²) in [5.74, 6) is 0.457. The Kier molecular flexibility index (Phi) is 10.0. The van der Waals surface area contributed by atoms with Crippen molar-refractivity contribution < 1.29 is 41.5 Å². The molecule has 4 N–H and O–H groups in total. The summed E-state index contributed by atoms with van der Waals surface area (Å²) in [6, 6.07) is 12.9. The van der Waals surface area contributed by atoms with Crippen LogP contribution in [0.5, 0.6) is 11.5 Å². The molecule has 0 aliphatic heterocycles. The first-order valence-electron chi connectivity index (χ1n) is 11.4. The molecule has 38 heavy (non-hydrogen) atoms. The second-order valence-electron chi connectivity index (χ2n) is 8.20. The zero-order valence-electron chi connectivity index (χ0n) is 20.1. The molecule has 0 fully saturated rings. The highest BCUT2D eigenvalue weighted by Gasteiger charge is 2.36. The topological polar surface area (TPSA) is 137 Å². The van der Waals surface area contributed by atoms with Crippen molar-refractivity contribution in [1.82, 2.24) is 10.2 Å². The maximum atomic E-state index is 13.8. The molecule has 9 nitrogen and oxygen atoms in total. The highest BCUT2D eigenvalue weighted by molar-refractivity contribution is 7.46. The Bertz CT molecular complexity index is 1250. The van der Waals surface area contributed by atoms with Gasteiger partial charge in [-0.05, 0) is 49.6 Å². The number of alkyl halides is 3. The Balaban J connectivity index is 1.63. The molecule has 1 heterocycles. The highest BCUT2D eigenvalue weighted by atomic mass is 32.1. The van der Waals surface area contributed by atoms with E-state index < -0.39 is 31.7 Å². The van der Waals surface area contributed by atoms with Crippen LogP contribution in [0.4, 0.5) is 13.2 Å². The fourth-order valence-electron chi connectivity index (χ4n) is 3.21. The molecule has 206 valence electrons.